The Balaban J connectivity index is 1.33. The van der Waals surface area contributed by atoms with Gasteiger partial charge in [-0.05, 0) is 178 Å². The number of benzene rings is 1. The van der Waals surface area contributed by atoms with Crippen molar-refractivity contribution in [1.29, 1.82) is 0 Å². The Bertz CT molecular complexity index is 3840. The molecular formula is C75H92F6N4O2S2. The van der Waals surface area contributed by atoms with Gasteiger partial charge in [0.1, 0.15) is 0 Å². The van der Waals surface area contributed by atoms with Crippen molar-refractivity contribution in [3.05, 3.63) is 125 Å². The fourth-order valence-corrected chi connectivity index (χ4v) is 15.9. The maximum Gasteiger partial charge on any atom is 0.380 e. The molecule has 8 bridgehead atoms. The summed E-state index contributed by atoms with van der Waals surface area (Å²) in [6, 6.07) is 17.8. The summed E-state index contributed by atoms with van der Waals surface area (Å²) in [5.74, 6) is -16.3. The van der Waals surface area contributed by atoms with Crippen LogP contribution >= 0.6 is 22.7 Å². The van der Waals surface area contributed by atoms with E-state index in [9.17, 15) is 0 Å². The number of hydrogen-bond donors (Lipinski definition) is 2. The lowest BCUT2D eigenvalue weighted by atomic mass is 9.93. The van der Waals surface area contributed by atoms with Crippen LogP contribution in [0.1, 0.15) is 248 Å². The van der Waals surface area contributed by atoms with Crippen molar-refractivity contribution in [2.45, 2.75) is 236 Å². The van der Waals surface area contributed by atoms with Crippen molar-refractivity contribution < 1.29 is 35.8 Å². The summed E-state index contributed by atoms with van der Waals surface area (Å²) in [5, 5.41) is 0. The van der Waals surface area contributed by atoms with E-state index in [4.69, 9.17) is 19.4 Å². The van der Waals surface area contributed by atoms with Crippen molar-refractivity contribution >= 4 is 78.2 Å². The summed E-state index contributed by atoms with van der Waals surface area (Å²) in [5.41, 5.74) is 14.5. The normalized spacial score (nSPS) is 17.3. The van der Waals surface area contributed by atoms with Gasteiger partial charge in [0.05, 0.1) is 51.9 Å². The van der Waals surface area contributed by atoms with Crippen LogP contribution in [0.3, 0.4) is 0 Å². The third-order valence-electron chi connectivity index (χ3n) is 19.0. The molecule has 1 aliphatic carbocycles. The number of aromatic nitrogens is 4. The number of halogens is 6. The van der Waals surface area contributed by atoms with Crippen LogP contribution in [0.2, 0.25) is 0 Å². The first-order chi connectivity index (χ1) is 42.5. The standard InChI is InChI=1S/C75H92F6N4O2S2/c1-13-17-21-28-34-51-44(5)67-63(50-32-26-25-27-33-50)68-45(6)52(35-29-22-18-14-2)58(83-68)41-60-54(37-31-24-20-16-4)47(8)70(85-60)64(69-46(7)53(36-30-23-19-15-3)59(84-69)40-57(51)82-67)61-38-55(48(9)88-61)65-66(74(78,79)75(80,81)73(65,76)77)56-39-62(89-49(56)10)71-86-42-72(11,12)43-87-71/h25-27,32-33,38-41,71,82,85H,13-24,28-31,34-37,42-43H2,1-12H3. The van der Waals surface area contributed by atoms with Gasteiger partial charge in [-0.2, -0.15) is 26.3 Å². The highest BCUT2D eigenvalue weighted by Gasteiger charge is 2.80. The molecule has 6 aromatic rings. The Kier molecular flexibility index (Phi) is 20.4. The molecule has 14 heteroatoms. The van der Waals surface area contributed by atoms with Crippen molar-refractivity contribution in [2.75, 3.05) is 13.2 Å². The maximum absolute atomic E-state index is 17.2. The third kappa shape index (κ3) is 12.8. The molecule has 8 heterocycles. The molecule has 3 aliphatic heterocycles. The number of allylic oxidation sites excluding steroid dienone is 6. The summed E-state index contributed by atoms with van der Waals surface area (Å²) in [7, 11) is 0. The Hall–Kier alpha value is -5.54. The van der Waals surface area contributed by atoms with Gasteiger partial charge >= 0.3 is 17.8 Å². The summed E-state index contributed by atoms with van der Waals surface area (Å²) in [6.07, 6.45) is 18.9. The molecule has 89 heavy (non-hydrogen) atoms. The molecule has 0 atom stereocenters. The SMILES string of the molecule is CCCCCCC1=C(C)c2nc1cc1[nH]c(c(C)c1CCCCCC)c(-c1cc(C3=C(c4cc(C5OCC(C)(C)CO5)sc4C)C(F)(F)C(F)(F)C3(F)F)c(C)s1)c1nc(cc3[nH]c(c(C)c3CCCCCC)c2-c2ccccc2)C(CCCCCC)=C1C. The molecule has 478 valence electrons. The molecule has 2 N–H and O–H groups in total. The van der Waals surface area contributed by atoms with E-state index < -0.39 is 35.2 Å². The minimum absolute atomic E-state index is 0.176. The highest BCUT2D eigenvalue weighted by atomic mass is 32.1. The van der Waals surface area contributed by atoms with Crippen LogP contribution in [0.4, 0.5) is 26.3 Å². The molecule has 1 saturated heterocycles. The van der Waals surface area contributed by atoms with Crippen molar-refractivity contribution in [1.82, 2.24) is 19.9 Å². The number of rotatable bonds is 25. The lowest BCUT2D eigenvalue weighted by Crippen LogP contribution is -2.48. The molecule has 10 rings (SSSR count). The van der Waals surface area contributed by atoms with Crippen molar-refractivity contribution in [3.8, 4) is 21.6 Å². The Morgan fingerprint density at radius 1 is 0.517 bits per heavy atom. The van der Waals surface area contributed by atoms with E-state index in [0.29, 0.717) is 39.7 Å². The van der Waals surface area contributed by atoms with Crippen LogP contribution in [0, 0.1) is 33.1 Å². The molecule has 0 unspecified atom stereocenters. The van der Waals surface area contributed by atoms with E-state index in [2.05, 4.69) is 108 Å². The summed E-state index contributed by atoms with van der Waals surface area (Å²) < 4.78 is 113. The number of alkyl halides is 6. The first kappa shape index (κ1) is 66.4. The van der Waals surface area contributed by atoms with Gasteiger partial charge in [0.15, 0.2) is 6.29 Å². The summed E-state index contributed by atoms with van der Waals surface area (Å²) >= 11 is 2.17. The number of H-pyrrole nitrogens is 2. The Labute approximate surface area is 532 Å². The molecule has 0 radical (unpaired) electrons. The molecule has 4 aliphatic rings. The molecule has 6 nitrogen and oxygen atoms in total. The van der Waals surface area contributed by atoms with E-state index in [0.717, 1.165) is 229 Å². The minimum atomic E-state index is -5.76. The van der Waals surface area contributed by atoms with Crippen LogP contribution in [0.25, 0.3) is 77.1 Å². The number of nitrogens with zero attached hydrogens (tertiary/aromatic N) is 2. The second kappa shape index (κ2) is 27.3. The maximum atomic E-state index is 17.2. The second-order valence-corrected chi connectivity index (χ2v) is 28.9. The highest BCUT2D eigenvalue weighted by molar-refractivity contribution is 7.15. The number of unbranched alkanes of at least 4 members (excludes halogenated alkanes) is 12. The molecule has 5 aromatic heterocycles. The van der Waals surface area contributed by atoms with E-state index in [1.807, 2.05) is 13.8 Å². The number of ether oxygens (including phenoxy) is 2. The Morgan fingerprint density at radius 2 is 0.944 bits per heavy atom. The lowest BCUT2D eigenvalue weighted by molar-refractivity contribution is -0.254. The zero-order valence-corrected chi connectivity index (χ0v) is 56.3. The van der Waals surface area contributed by atoms with E-state index in [1.54, 1.807) is 6.92 Å². The summed E-state index contributed by atoms with van der Waals surface area (Å²) in [4.78, 5) is 20.7. The average Bonchev–Trinajstić information content (AvgIpc) is 1.53. The number of fused-ring (bicyclic) bond motifs is 8. The van der Waals surface area contributed by atoms with Gasteiger partial charge in [-0.25, -0.2) is 9.97 Å². The van der Waals surface area contributed by atoms with Crippen LogP contribution in [0.15, 0.2) is 54.6 Å². The number of aryl methyl sites for hydroxylation is 6. The van der Waals surface area contributed by atoms with Gasteiger partial charge < -0.3 is 19.4 Å². The number of nitrogens with one attached hydrogen (secondary N) is 2. The predicted octanol–water partition coefficient (Wildman–Crippen LogP) is 24.0. The lowest BCUT2D eigenvalue weighted by Gasteiger charge is -2.34. The summed E-state index contributed by atoms with van der Waals surface area (Å²) in [6.45, 7) is 25.1. The molecule has 0 amide bonds. The molecule has 0 saturated carbocycles. The zero-order valence-electron chi connectivity index (χ0n) is 54.6. The van der Waals surface area contributed by atoms with Gasteiger partial charge in [0.2, 0.25) is 0 Å². The van der Waals surface area contributed by atoms with Crippen molar-refractivity contribution in [3.63, 3.8) is 0 Å². The van der Waals surface area contributed by atoms with E-state index >= 15 is 26.3 Å². The first-order valence-corrected chi connectivity index (χ1v) is 34.7. The van der Waals surface area contributed by atoms with Crippen LogP contribution in [-0.2, 0) is 22.3 Å². The molecule has 1 aromatic carbocycles. The fourth-order valence-electron chi connectivity index (χ4n) is 13.8. The monoisotopic (exact) mass is 1260 g/mol. The Morgan fingerprint density at radius 3 is 1.42 bits per heavy atom. The van der Waals surface area contributed by atoms with Crippen LogP contribution in [0.5, 0.6) is 0 Å². The van der Waals surface area contributed by atoms with Gasteiger partial charge in [-0.15, -0.1) is 22.7 Å². The number of aromatic amines is 2. The van der Waals surface area contributed by atoms with Crippen LogP contribution < -0.4 is 0 Å². The molecule has 0 spiro atoms. The quantitative estimate of drug-likeness (QED) is 0.0442. The van der Waals surface area contributed by atoms with E-state index in [1.165, 1.54) is 30.2 Å². The molecular weight excluding hydrogens is 1170 g/mol. The van der Waals surface area contributed by atoms with Gasteiger partial charge in [0, 0.05) is 53.4 Å². The van der Waals surface area contributed by atoms with Gasteiger partial charge in [-0.1, -0.05) is 149 Å². The van der Waals surface area contributed by atoms with Gasteiger partial charge in [0.25, 0.3) is 0 Å². The first-order valence-electron chi connectivity index (χ1n) is 33.1. The van der Waals surface area contributed by atoms with Crippen LogP contribution in [-0.4, -0.2) is 50.9 Å². The minimum Gasteiger partial charge on any atom is -0.354 e. The number of hydrogen-bond acceptors (Lipinski definition) is 6. The zero-order chi connectivity index (χ0) is 63.7. The van der Waals surface area contributed by atoms with Gasteiger partial charge in [-0.3, -0.25) is 0 Å². The largest absolute Gasteiger partial charge is 0.380 e. The third-order valence-corrected chi connectivity index (χ3v) is 21.2. The average molecular weight is 1260 g/mol. The predicted molar refractivity (Wildman–Crippen MR) is 361 cm³/mol. The topological polar surface area (TPSA) is 75.8 Å². The fraction of sp³-hybridized carbons (Fsp3) is 0.520. The second-order valence-electron chi connectivity index (χ2n) is 26.4. The highest BCUT2D eigenvalue weighted by Crippen LogP contribution is 2.66. The van der Waals surface area contributed by atoms with Crippen molar-refractivity contribution in [2.24, 2.45) is 5.41 Å². The smallest absolute Gasteiger partial charge is 0.354 e. The number of thiophene rings is 2. The van der Waals surface area contributed by atoms with E-state index in [-0.39, 0.29) is 26.3 Å². The molecule has 1 fully saturated rings.